The first-order valence-electron chi connectivity index (χ1n) is 3.42. The van der Waals surface area contributed by atoms with Gasteiger partial charge in [-0.2, -0.15) is 0 Å². The van der Waals surface area contributed by atoms with E-state index in [2.05, 4.69) is 24.1 Å². The van der Waals surface area contributed by atoms with Crippen molar-refractivity contribution in [2.24, 2.45) is 10.2 Å². The maximum Gasteiger partial charge on any atom is 0.450 e. The second-order valence-corrected chi connectivity index (χ2v) is 1.77. The molecule has 0 aromatic rings. The molecule has 0 aliphatic heterocycles. The van der Waals surface area contributed by atoms with E-state index in [0.29, 0.717) is 0 Å². The molecule has 12 heavy (non-hydrogen) atoms. The van der Waals surface area contributed by atoms with E-state index in [9.17, 15) is 9.59 Å². The fourth-order valence-corrected chi connectivity index (χ4v) is 0.0855. The van der Waals surface area contributed by atoms with E-state index in [1.165, 1.54) is 12.8 Å². The number of nitrogens with zero attached hydrogens (tertiary/aromatic N) is 2. The number of hydrogen-bond donors (Lipinski definition) is 2. The second kappa shape index (κ2) is 9.54. The molecule has 0 radical (unpaired) electrons. The molecule has 0 saturated heterocycles. The molecule has 6 heteroatoms. The molecule has 0 unspecified atom stereocenters. The van der Waals surface area contributed by atoms with Gasteiger partial charge in [0.25, 0.3) is 0 Å². The Hall–Kier alpha value is -1.46. The minimum absolute atomic E-state index is 1.32. The minimum atomic E-state index is -1.62. The number of rotatable bonds is 1. The summed E-state index contributed by atoms with van der Waals surface area (Å²) in [7, 11) is 0. The Balaban J connectivity index is 0. The summed E-state index contributed by atoms with van der Waals surface area (Å²) in [5.74, 6) is 0. The highest BCUT2D eigenvalue weighted by atomic mass is 16.4. The Bertz CT molecular complexity index is 149. The SMILES string of the molecule is CCCC.O=C(O)/N=N/C(=O)O. The lowest BCUT2D eigenvalue weighted by atomic mass is 10.4. The van der Waals surface area contributed by atoms with E-state index in [-0.39, 0.29) is 0 Å². The number of carbonyl (C=O) groups is 2. The van der Waals surface area contributed by atoms with Crippen LogP contribution in [0.1, 0.15) is 26.7 Å². The third kappa shape index (κ3) is 23.6. The fourth-order valence-electron chi connectivity index (χ4n) is 0.0855. The Kier molecular flexibility index (Phi) is 10.5. The summed E-state index contributed by atoms with van der Waals surface area (Å²) in [6, 6.07) is 0. The van der Waals surface area contributed by atoms with Crippen LogP contribution in [0.4, 0.5) is 9.59 Å². The highest BCUT2D eigenvalue weighted by molar-refractivity contribution is 5.70. The number of azo groups is 1. The summed E-state index contributed by atoms with van der Waals surface area (Å²) in [5, 5.41) is 19.8. The average molecular weight is 176 g/mol. The maximum absolute atomic E-state index is 9.38. The van der Waals surface area contributed by atoms with Crippen molar-refractivity contribution in [2.75, 3.05) is 0 Å². The van der Waals surface area contributed by atoms with Crippen molar-refractivity contribution in [3.63, 3.8) is 0 Å². The topological polar surface area (TPSA) is 99.3 Å². The molecule has 0 fully saturated rings. The van der Waals surface area contributed by atoms with E-state index < -0.39 is 12.2 Å². The van der Waals surface area contributed by atoms with Crippen molar-refractivity contribution in [3.8, 4) is 0 Å². The van der Waals surface area contributed by atoms with Crippen LogP contribution in [0.5, 0.6) is 0 Å². The van der Waals surface area contributed by atoms with Crippen LogP contribution in [0.3, 0.4) is 0 Å². The fraction of sp³-hybridized carbons (Fsp3) is 0.667. The van der Waals surface area contributed by atoms with Gasteiger partial charge >= 0.3 is 12.2 Å². The Morgan fingerprint density at radius 2 is 1.25 bits per heavy atom. The van der Waals surface area contributed by atoms with Gasteiger partial charge in [0.15, 0.2) is 0 Å². The van der Waals surface area contributed by atoms with Gasteiger partial charge in [0.05, 0.1) is 0 Å². The molecule has 0 aliphatic rings. The van der Waals surface area contributed by atoms with Crippen molar-refractivity contribution in [1.82, 2.24) is 0 Å². The quantitative estimate of drug-likeness (QED) is 0.599. The zero-order valence-corrected chi connectivity index (χ0v) is 7.02. The molecule has 0 bridgehead atoms. The maximum atomic E-state index is 9.38. The lowest BCUT2D eigenvalue weighted by Gasteiger charge is -1.72. The van der Waals surface area contributed by atoms with Crippen molar-refractivity contribution in [3.05, 3.63) is 0 Å². The molecule has 0 aromatic heterocycles. The predicted molar refractivity (Wildman–Crippen MR) is 41.5 cm³/mol. The van der Waals surface area contributed by atoms with Gasteiger partial charge in [0, 0.05) is 0 Å². The highest BCUT2D eigenvalue weighted by Crippen LogP contribution is 1.77. The molecule has 0 aromatic carbocycles. The van der Waals surface area contributed by atoms with Gasteiger partial charge in [-0.1, -0.05) is 36.9 Å². The molecule has 6 nitrogen and oxygen atoms in total. The monoisotopic (exact) mass is 176 g/mol. The first-order valence-corrected chi connectivity index (χ1v) is 3.42. The van der Waals surface area contributed by atoms with E-state index >= 15 is 0 Å². The van der Waals surface area contributed by atoms with Crippen LogP contribution in [0, 0.1) is 0 Å². The molecule has 0 rings (SSSR count). The van der Waals surface area contributed by atoms with Gasteiger partial charge in [-0.25, -0.2) is 9.59 Å². The summed E-state index contributed by atoms with van der Waals surface area (Å²) in [5.41, 5.74) is 0. The lowest BCUT2D eigenvalue weighted by molar-refractivity contribution is 0.194. The smallest absolute Gasteiger partial charge is 0.450 e. The molecular formula is C6H12N2O4. The van der Waals surface area contributed by atoms with E-state index in [1.807, 2.05) is 0 Å². The zero-order chi connectivity index (χ0) is 9.98. The van der Waals surface area contributed by atoms with E-state index in [4.69, 9.17) is 10.2 Å². The van der Waals surface area contributed by atoms with Crippen LogP contribution in [-0.4, -0.2) is 22.4 Å². The molecule has 0 spiro atoms. The van der Waals surface area contributed by atoms with Crippen molar-refractivity contribution < 1.29 is 19.8 Å². The molecule has 2 N–H and O–H groups in total. The van der Waals surface area contributed by atoms with Crippen molar-refractivity contribution in [1.29, 1.82) is 0 Å². The first kappa shape index (κ1) is 13.2. The van der Waals surface area contributed by atoms with Crippen LogP contribution in [0.2, 0.25) is 0 Å². The van der Waals surface area contributed by atoms with Crippen LogP contribution < -0.4 is 0 Å². The van der Waals surface area contributed by atoms with E-state index in [1.54, 1.807) is 0 Å². The first-order chi connectivity index (χ1) is 5.54. The number of hydrogen-bond acceptors (Lipinski definition) is 2. The summed E-state index contributed by atoms with van der Waals surface area (Å²) >= 11 is 0. The molecule has 0 atom stereocenters. The van der Waals surface area contributed by atoms with Gasteiger partial charge in [-0.3, -0.25) is 0 Å². The van der Waals surface area contributed by atoms with Gasteiger partial charge in [-0.05, 0) is 0 Å². The molecule has 0 aliphatic carbocycles. The molecule has 0 saturated carbocycles. The van der Waals surface area contributed by atoms with Gasteiger partial charge in [0.2, 0.25) is 0 Å². The molecular weight excluding hydrogens is 164 g/mol. The average Bonchev–Trinajstić information content (AvgIpc) is 2.01. The molecule has 70 valence electrons. The lowest BCUT2D eigenvalue weighted by Crippen LogP contribution is -1.87. The Morgan fingerprint density at radius 3 is 1.33 bits per heavy atom. The minimum Gasteiger partial charge on any atom is -0.462 e. The van der Waals surface area contributed by atoms with E-state index in [0.717, 1.165) is 0 Å². The number of carboxylic acid groups (broad SMARTS) is 2. The van der Waals surface area contributed by atoms with Crippen LogP contribution >= 0.6 is 0 Å². The third-order valence-electron chi connectivity index (χ3n) is 0.721. The van der Waals surface area contributed by atoms with Crippen molar-refractivity contribution in [2.45, 2.75) is 26.7 Å². The number of amides is 2. The predicted octanol–water partition coefficient (Wildman–Crippen LogP) is 2.60. The van der Waals surface area contributed by atoms with Crippen LogP contribution in [0.25, 0.3) is 0 Å². The summed E-state index contributed by atoms with van der Waals surface area (Å²) in [4.78, 5) is 18.8. The van der Waals surface area contributed by atoms with Crippen LogP contribution in [0.15, 0.2) is 10.2 Å². The number of unbranched alkanes of at least 4 members (excludes halogenated alkanes) is 1. The van der Waals surface area contributed by atoms with Crippen molar-refractivity contribution >= 4 is 12.2 Å². The molecule has 2 amide bonds. The highest BCUT2D eigenvalue weighted by Gasteiger charge is 1.91. The van der Waals surface area contributed by atoms with Gasteiger partial charge in [0.1, 0.15) is 0 Å². The Labute approximate surface area is 69.9 Å². The Morgan fingerprint density at radius 1 is 1.00 bits per heavy atom. The summed E-state index contributed by atoms with van der Waals surface area (Å²) in [6.07, 6.45) is -0.597. The second-order valence-electron chi connectivity index (χ2n) is 1.77. The summed E-state index contributed by atoms with van der Waals surface area (Å²) < 4.78 is 0. The zero-order valence-electron chi connectivity index (χ0n) is 7.02. The normalized spacial score (nSPS) is 8.83. The van der Waals surface area contributed by atoms with Crippen LogP contribution in [-0.2, 0) is 0 Å². The summed E-state index contributed by atoms with van der Waals surface area (Å²) in [6.45, 7) is 4.36. The molecule has 0 heterocycles. The third-order valence-corrected chi connectivity index (χ3v) is 0.721. The standard InChI is InChI=1S/C4H10.C2H2N2O4/c1-3-4-2;5-1(6)3-4-2(7)8/h3-4H2,1-2H3;(H,5,6)(H,7,8)/b;4-3+. The van der Waals surface area contributed by atoms with Gasteiger partial charge < -0.3 is 10.2 Å². The van der Waals surface area contributed by atoms with Gasteiger partial charge in [-0.15, -0.1) is 0 Å². The largest absolute Gasteiger partial charge is 0.462 e.